The molecule has 0 saturated carbocycles. The summed E-state index contributed by atoms with van der Waals surface area (Å²) in [6, 6.07) is 9.82. The van der Waals surface area contributed by atoms with Crippen LogP contribution in [0, 0.1) is 0 Å². The quantitative estimate of drug-likeness (QED) is 0.902. The second kappa shape index (κ2) is 5.72. The van der Waals surface area contributed by atoms with Gasteiger partial charge in [-0.2, -0.15) is 0 Å². The molecule has 0 fully saturated rings. The Kier molecular flexibility index (Phi) is 3.73. The van der Waals surface area contributed by atoms with Crippen LogP contribution in [0.25, 0.3) is 0 Å². The number of phenolic OH excluding ortho intramolecular Hbond substituents is 1. The summed E-state index contributed by atoms with van der Waals surface area (Å²) in [4.78, 5) is 11.8. The van der Waals surface area contributed by atoms with E-state index in [1.54, 1.807) is 30.3 Å². The highest BCUT2D eigenvalue weighted by molar-refractivity contribution is 5.80. The van der Waals surface area contributed by atoms with Gasteiger partial charge in [0, 0.05) is 5.56 Å². The number of phenols is 1. The Bertz CT molecular complexity index is 755. The molecule has 2 aromatic carbocycles. The SMILES string of the molecule is COc1cc(C2Oc3c(OC)cccc3C2C(=O)O)ccc1O. The van der Waals surface area contributed by atoms with Crippen molar-refractivity contribution in [3.8, 4) is 23.0 Å². The molecule has 2 N–H and O–H groups in total. The van der Waals surface area contributed by atoms with E-state index in [1.165, 1.54) is 20.3 Å². The Balaban J connectivity index is 2.09. The standard InChI is InChI=1S/C17H16O6/c1-21-12-5-3-4-10-14(17(19)20)15(23-16(10)12)9-6-7-11(18)13(8-9)22-2/h3-8,14-15,18H,1-2H3,(H,19,20). The van der Waals surface area contributed by atoms with E-state index < -0.39 is 18.0 Å². The molecule has 0 radical (unpaired) electrons. The number of carboxylic acid groups (broad SMARTS) is 1. The number of aliphatic carboxylic acids is 1. The van der Waals surface area contributed by atoms with Crippen LogP contribution in [-0.4, -0.2) is 30.4 Å². The minimum atomic E-state index is -0.992. The van der Waals surface area contributed by atoms with Gasteiger partial charge in [-0.05, 0) is 23.8 Å². The minimum Gasteiger partial charge on any atom is -0.504 e. The molecule has 0 bridgehead atoms. The molecule has 2 aromatic rings. The average Bonchev–Trinajstić information content (AvgIpc) is 2.94. The molecule has 1 aliphatic heterocycles. The monoisotopic (exact) mass is 316 g/mol. The lowest BCUT2D eigenvalue weighted by Crippen LogP contribution is -2.18. The molecule has 6 heteroatoms. The lowest BCUT2D eigenvalue weighted by Gasteiger charge is -2.17. The predicted molar refractivity (Wildman–Crippen MR) is 81.4 cm³/mol. The number of methoxy groups -OCH3 is 2. The van der Waals surface area contributed by atoms with Gasteiger partial charge in [0.2, 0.25) is 0 Å². The van der Waals surface area contributed by atoms with Gasteiger partial charge < -0.3 is 24.4 Å². The Labute approximate surface area is 132 Å². The fraction of sp³-hybridized carbons (Fsp3) is 0.235. The molecular weight excluding hydrogens is 300 g/mol. The molecule has 2 atom stereocenters. The molecule has 0 saturated heterocycles. The Morgan fingerprint density at radius 3 is 2.52 bits per heavy atom. The number of rotatable bonds is 4. The Hall–Kier alpha value is -2.89. The van der Waals surface area contributed by atoms with Crippen molar-refractivity contribution in [2.75, 3.05) is 14.2 Å². The number of ether oxygens (including phenoxy) is 3. The second-order valence-corrected chi connectivity index (χ2v) is 5.16. The van der Waals surface area contributed by atoms with Crippen LogP contribution in [0.1, 0.15) is 23.1 Å². The maximum Gasteiger partial charge on any atom is 0.315 e. The molecule has 1 heterocycles. The fourth-order valence-electron chi connectivity index (χ4n) is 2.82. The number of carboxylic acids is 1. The predicted octanol–water partition coefficient (Wildman–Crippen LogP) is 2.71. The van der Waals surface area contributed by atoms with Gasteiger partial charge in [-0.1, -0.05) is 18.2 Å². The van der Waals surface area contributed by atoms with Crippen LogP contribution in [0.5, 0.6) is 23.0 Å². The first kappa shape index (κ1) is 15.0. The van der Waals surface area contributed by atoms with E-state index in [0.29, 0.717) is 22.6 Å². The molecule has 3 rings (SSSR count). The number of aromatic hydroxyl groups is 1. The topological polar surface area (TPSA) is 85.2 Å². The number of hydrogen-bond donors (Lipinski definition) is 2. The third-order valence-corrected chi connectivity index (χ3v) is 3.91. The highest BCUT2D eigenvalue weighted by Gasteiger charge is 2.42. The molecule has 0 spiro atoms. The number of para-hydroxylation sites is 1. The third-order valence-electron chi connectivity index (χ3n) is 3.91. The number of benzene rings is 2. The summed E-state index contributed by atoms with van der Waals surface area (Å²) in [5, 5.41) is 19.3. The first-order valence-corrected chi connectivity index (χ1v) is 7.00. The molecule has 0 aromatic heterocycles. The van der Waals surface area contributed by atoms with Crippen molar-refractivity contribution in [3.05, 3.63) is 47.5 Å². The zero-order valence-electron chi connectivity index (χ0n) is 12.6. The summed E-state index contributed by atoms with van der Waals surface area (Å²) < 4.78 is 16.2. The van der Waals surface area contributed by atoms with Gasteiger partial charge in [-0.25, -0.2) is 0 Å². The summed E-state index contributed by atoms with van der Waals surface area (Å²) in [5.41, 5.74) is 1.17. The summed E-state index contributed by atoms with van der Waals surface area (Å²) >= 11 is 0. The van der Waals surface area contributed by atoms with Crippen molar-refractivity contribution in [1.29, 1.82) is 0 Å². The van der Waals surface area contributed by atoms with Crippen LogP contribution < -0.4 is 14.2 Å². The van der Waals surface area contributed by atoms with E-state index in [4.69, 9.17) is 14.2 Å². The summed E-state index contributed by atoms with van der Waals surface area (Å²) in [6.07, 6.45) is -0.728. The van der Waals surface area contributed by atoms with Crippen molar-refractivity contribution in [3.63, 3.8) is 0 Å². The zero-order valence-corrected chi connectivity index (χ0v) is 12.6. The van der Waals surface area contributed by atoms with Crippen LogP contribution in [0.3, 0.4) is 0 Å². The zero-order chi connectivity index (χ0) is 16.6. The van der Waals surface area contributed by atoms with Crippen molar-refractivity contribution in [1.82, 2.24) is 0 Å². The second-order valence-electron chi connectivity index (χ2n) is 5.16. The first-order valence-electron chi connectivity index (χ1n) is 7.00. The van der Waals surface area contributed by atoms with Crippen molar-refractivity contribution >= 4 is 5.97 Å². The van der Waals surface area contributed by atoms with Crippen LogP contribution in [0.2, 0.25) is 0 Å². The van der Waals surface area contributed by atoms with Gasteiger partial charge in [0.1, 0.15) is 12.0 Å². The van der Waals surface area contributed by atoms with Crippen LogP contribution in [0.4, 0.5) is 0 Å². The fourth-order valence-corrected chi connectivity index (χ4v) is 2.82. The Morgan fingerprint density at radius 1 is 1.13 bits per heavy atom. The largest absolute Gasteiger partial charge is 0.504 e. The summed E-state index contributed by atoms with van der Waals surface area (Å²) in [5.74, 6) is -0.695. The molecule has 120 valence electrons. The summed E-state index contributed by atoms with van der Waals surface area (Å²) in [7, 11) is 2.94. The summed E-state index contributed by atoms with van der Waals surface area (Å²) in [6.45, 7) is 0. The normalized spacial score (nSPS) is 18.9. The minimum absolute atomic E-state index is 0.0174. The molecule has 2 unspecified atom stereocenters. The van der Waals surface area contributed by atoms with Crippen molar-refractivity contribution < 1.29 is 29.2 Å². The van der Waals surface area contributed by atoms with E-state index in [-0.39, 0.29) is 11.5 Å². The van der Waals surface area contributed by atoms with E-state index in [1.807, 2.05) is 0 Å². The van der Waals surface area contributed by atoms with E-state index in [0.717, 1.165) is 0 Å². The van der Waals surface area contributed by atoms with Gasteiger partial charge in [0.05, 0.1) is 14.2 Å². The van der Waals surface area contributed by atoms with Gasteiger partial charge >= 0.3 is 5.97 Å². The number of hydrogen-bond acceptors (Lipinski definition) is 5. The van der Waals surface area contributed by atoms with E-state index >= 15 is 0 Å². The molecular formula is C17H16O6. The van der Waals surface area contributed by atoms with Crippen LogP contribution in [0.15, 0.2) is 36.4 Å². The van der Waals surface area contributed by atoms with Crippen LogP contribution >= 0.6 is 0 Å². The molecule has 1 aliphatic rings. The molecule has 0 amide bonds. The van der Waals surface area contributed by atoms with Gasteiger partial charge in [0.25, 0.3) is 0 Å². The highest BCUT2D eigenvalue weighted by atomic mass is 16.5. The first-order chi connectivity index (χ1) is 11.1. The molecule has 0 aliphatic carbocycles. The molecule has 23 heavy (non-hydrogen) atoms. The average molecular weight is 316 g/mol. The van der Waals surface area contributed by atoms with Gasteiger partial charge in [-0.3, -0.25) is 4.79 Å². The van der Waals surface area contributed by atoms with Gasteiger partial charge in [-0.15, -0.1) is 0 Å². The van der Waals surface area contributed by atoms with E-state index in [2.05, 4.69) is 0 Å². The number of carbonyl (C=O) groups is 1. The molecule has 6 nitrogen and oxygen atoms in total. The smallest absolute Gasteiger partial charge is 0.315 e. The Morgan fingerprint density at radius 2 is 1.87 bits per heavy atom. The highest BCUT2D eigenvalue weighted by Crippen LogP contribution is 2.50. The number of fused-ring (bicyclic) bond motifs is 1. The lowest BCUT2D eigenvalue weighted by molar-refractivity contribution is -0.140. The maximum atomic E-state index is 11.8. The van der Waals surface area contributed by atoms with Crippen molar-refractivity contribution in [2.24, 2.45) is 0 Å². The van der Waals surface area contributed by atoms with Crippen LogP contribution in [-0.2, 0) is 4.79 Å². The van der Waals surface area contributed by atoms with Crippen molar-refractivity contribution in [2.45, 2.75) is 12.0 Å². The third kappa shape index (κ3) is 2.42. The maximum absolute atomic E-state index is 11.8. The van der Waals surface area contributed by atoms with Gasteiger partial charge in [0.15, 0.2) is 23.0 Å². The lowest BCUT2D eigenvalue weighted by atomic mass is 9.91. The van der Waals surface area contributed by atoms with E-state index in [9.17, 15) is 15.0 Å².